The monoisotopic (exact) mass is 266 g/mol. The van der Waals surface area contributed by atoms with Gasteiger partial charge in [0.15, 0.2) is 0 Å². The third-order valence-electron chi connectivity index (χ3n) is 3.49. The zero-order valence-corrected chi connectivity index (χ0v) is 11.1. The first-order valence-electron chi connectivity index (χ1n) is 6.79. The number of unbranched alkanes of at least 4 members (excludes halogenated alkanes) is 1. The van der Waals surface area contributed by atoms with Gasteiger partial charge < -0.3 is 0 Å². The molecule has 1 aliphatic rings. The second-order valence-electron chi connectivity index (χ2n) is 5.06. The van der Waals surface area contributed by atoms with E-state index in [-0.39, 0.29) is 0 Å². The molecule has 0 N–H and O–H groups in total. The van der Waals surface area contributed by atoms with Gasteiger partial charge in [-0.1, -0.05) is 25.5 Å². The summed E-state index contributed by atoms with van der Waals surface area (Å²) in [7, 11) is 0. The van der Waals surface area contributed by atoms with Crippen LogP contribution in [0.25, 0.3) is 0 Å². The summed E-state index contributed by atoms with van der Waals surface area (Å²) in [6.45, 7) is 3.53. The summed E-state index contributed by atoms with van der Waals surface area (Å²) in [5.41, 5.74) is 0.000872. The van der Waals surface area contributed by atoms with Crippen molar-refractivity contribution in [3.63, 3.8) is 0 Å². The highest BCUT2D eigenvalue weighted by atomic mass is 19.1. The molecule has 0 atom stereocenters. The standard InChI is InChI=1S/C14H19FN2O2/c1-2-3-9-16(12-7-8-12)10-11-5-4-6-13(14(11)15)17(18)19/h4-6,12H,2-3,7-10H2,1H3. The number of nitro groups is 1. The minimum Gasteiger partial charge on any atom is -0.296 e. The lowest BCUT2D eigenvalue weighted by molar-refractivity contribution is -0.387. The lowest BCUT2D eigenvalue weighted by Gasteiger charge is -2.21. The number of nitro benzene ring substituents is 1. The average Bonchev–Trinajstić information content (AvgIpc) is 3.20. The SMILES string of the molecule is CCCCN(Cc1cccc([N+](=O)[O-])c1F)C1CC1. The fourth-order valence-corrected chi connectivity index (χ4v) is 2.24. The fourth-order valence-electron chi connectivity index (χ4n) is 2.24. The van der Waals surface area contributed by atoms with E-state index in [9.17, 15) is 14.5 Å². The van der Waals surface area contributed by atoms with Gasteiger partial charge in [-0.25, -0.2) is 0 Å². The zero-order chi connectivity index (χ0) is 13.8. The van der Waals surface area contributed by atoms with E-state index < -0.39 is 16.4 Å². The Hall–Kier alpha value is -1.49. The van der Waals surface area contributed by atoms with E-state index in [2.05, 4.69) is 11.8 Å². The van der Waals surface area contributed by atoms with Crippen LogP contribution in [-0.4, -0.2) is 22.4 Å². The van der Waals surface area contributed by atoms with Gasteiger partial charge in [-0.3, -0.25) is 15.0 Å². The third kappa shape index (κ3) is 3.50. The van der Waals surface area contributed by atoms with Gasteiger partial charge in [0.2, 0.25) is 5.82 Å². The third-order valence-corrected chi connectivity index (χ3v) is 3.49. The quantitative estimate of drug-likeness (QED) is 0.560. The molecule has 0 saturated heterocycles. The first-order chi connectivity index (χ1) is 9.13. The molecule has 4 nitrogen and oxygen atoms in total. The fraction of sp³-hybridized carbons (Fsp3) is 0.571. The molecular formula is C14H19FN2O2. The summed E-state index contributed by atoms with van der Waals surface area (Å²) in [4.78, 5) is 12.3. The second kappa shape index (κ2) is 6.10. The molecule has 0 spiro atoms. The Morgan fingerprint density at radius 2 is 2.21 bits per heavy atom. The summed E-state index contributed by atoms with van der Waals surface area (Å²) in [5.74, 6) is -0.686. The molecule has 1 aromatic carbocycles. The van der Waals surface area contributed by atoms with Crippen LogP contribution in [0.3, 0.4) is 0 Å². The second-order valence-corrected chi connectivity index (χ2v) is 5.06. The van der Waals surface area contributed by atoms with Crippen molar-refractivity contribution in [1.82, 2.24) is 4.90 Å². The summed E-state index contributed by atoms with van der Waals surface area (Å²) >= 11 is 0. The molecule has 2 rings (SSSR count). The van der Waals surface area contributed by atoms with Gasteiger partial charge in [0, 0.05) is 24.2 Å². The van der Waals surface area contributed by atoms with Crippen LogP contribution < -0.4 is 0 Å². The van der Waals surface area contributed by atoms with Crippen molar-refractivity contribution < 1.29 is 9.31 Å². The predicted octanol–water partition coefficient (Wildman–Crippen LogP) is 3.50. The minimum atomic E-state index is -0.686. The molecule has 104 valence electrons. The molecule has 0 aliphatic heterocycles. The maximum absolute atomic E-state index is 14.0. The predicted molar refractivity (Wildman–Crippen MR) is 71.4 cm³/mol. The Kier molecular flexibility index (Phi) is 4.47. The van der Waals surface area contributed by atoms with E-state index in [1.807, 2.05) is 0 Å². The molecule has 1 aliphatic carbocycles. The van der Waals surface area contributed by atoms with Crippen LogP contribution >= 0.6 is 0 Å². The van der Waals surface area contributed by atoms with Gasteiger partial charge >= 0.3 is 5.69 Å². The number of rotatable bonds is 7. The molecule has 1 aromatic rings. The average molecular weight is 266 g/mol. The number of nitrogens with zero attached hydrogens (tertiary/aromatic N) is 2. The van der Waals surface area contributed by atoms with Crippen molar-refractivity contribution in [2.45, 2.75) is 45.2 Å². The smallest absolute Gasteiger partial charge is 0.296 e. The number of hydrogen-bond donors (Lipinski definition) is 0. The first-order valence-corrected chi connectivity index (χ1v) is 6.79. The van der Waals surface area contributed by atoms with Gasteiger partial charge in [-0.2, -0.15) is 4.39 Å². The van der Waals surface area contributed by atoms with Crippen LogP contribution in [0.5, 0.6) is 0 Å². The Morgan fingerprint density at radius 1 is 1.47 bits per heavy atom. The van der Waals surface area contributed by atoms with Crippen LogP contribution in [-0.2, 0) is 6.54 Å². The van der Waals surface area contributed by atoms with Crippen LogP contribution in [0, 0.1) is 15.9 Å². The highest BCUT2D eigenvalue weighted by Gasteiger charge is 2.29. The largest absolute Gasteiger partial charge is 0.305 e. The van der Waals surface area contributed by atoms with E-state index >= 15 is 0 Å². The zero-order valence-electron chi connectivity index (χ0n) is 11.1. The Bertz CT molecular complexity index is 461. The number of benzene rings is 1. The van der Waals surface area contributed by atoms with Crippen molar-refractivity contribution in [2.75, 3.05) is 6.54 Å². The van der Waals surface area contributed by atoms with E-state index in [1.54, 1.807) is 12.1 Å². The maximum atomic E-state index is 14.0. The summed E-state index contributed by atoms with van der Waals surface area (Å²) in [6, 6.07) is 4.95. The summed E-state index contributed by atoms with van der Waals surface area (Å²) in [6.07, 6.45) is 4.48. The molecule has 1 saturated carbocycles. The van der Waals surface area contributed by atoms with E-state index in [4.69, 9.17) is 0 Å². The van der Waals surface area contributed by atoms with Crippen LogP contribution in [0.15, 0.2) is 18.2 Å². The molecule has 0 amide bonds. The normalized spacial score (nSPS) is 14.9. The topological polar surface area (TPSA) is 46.4 Å². The van der Waals surface area contributed by atoms with Gasteiger partial charge in [0.25, 0.3) is 0 Å². The van der Waals surface area contributed by atoms with Gasteiger partial charge in [-0.15, -0.1) is 0 Å². The van der Waals surface area contributed by atoms with E-state index in [0.717, 1.165) is 32.2 Å². The molecule has 0 aromatic heterocycles. The van der Waals surface area contributed by atoms with E-state index in [1.165, 1.54) is 6.07 Å². The molecule has 1 fully saturated rings. The molecule has 19 heavy (non-hydrogen) atoms. The van der Waals surface area contributed by atoms with Gasteiger partial charge in [-0.05, 0) is 25.8 Å². The molecule has 5 heteroatoms. The number of halogens is 1. The van der Waals surface area contributed by atoms with Crippen LogP contribution in [0.2, 0.25) is 0 Å². The van der Waals surface area contributed by atoms with E-state index in [0.29, 0.717) is 18.2 Å². The molecule has 0 heterocycles. The van der Waals surface area contributed by atoms with Crippen LogP contribution in [0.4, 0.5) is 10.1 Å². The summed E-state index contributed by atoms with van der Waals surface area (Å²) in [5, 5.41) is 10.7. The highest BCUT2D eigenvalue weighted by Crippen LogP contribution is 2.30. The van der Waals surface area contributed by atoms with Crippen molar-refractivity contribution >= 4 is 5.69 Å². The highest BCUT2D eigenvalue weighted by molar-refractivity contribution is 5.36. The van der Waals surface area contributed by atoms with Crippen molar-refractivity contribution in [1.29, 1.82) is 0 Å². The molecule has 0 radical (unpaired) electrons. The van der Waals surface area contributed by atoms with Crippen LogP contribution in [0.1, 0.15) is 38.2 Å². The Labute approximate surface area is 112 Å². The minimum absolute atomic E-state index is 0.427. The maximum Gasteiger partial charge on any atom is 0.305 e. The summed E-state index contributed by atoms with van der Waals surface area (Å²) < 4.78 is 14.0. The Balaban J connectivity index is 2.12. The van der Waals surface area contributed by atoms with Crippen molar-refractivity contribution in [2.24, 2.45) is 0 Å². The molecular weight excluding hydrogens is 247 g/mol. The Morgan fingerprint density at radius 3 is 2.79 bits per heavy atom. The molecule has 0 bridgehead atoms. The first kappa shape index (κ1) is 13.9. The van der Waals surface area contributed by atoms with Crippen molar-refractivity contribution in [3.05, 3.63) is 39.7 Å². The number of hydrogen-bond acceptors (Lipinski definition) is 3. The molecule has 0 unspecified atom stereocenters. The lowest BCUT2D eigenvalue weighted by atomic mass is 10.1. The van der Waals surface area contributed by atoms with Gasteiger partial charge in [0.05, 0.1) is 4.92 Å². The lowest BCUT2D eigenvalue weighted by Crippen LogP contribution is -2.27. The van der Waals surface area contributed by atoms with Gasteiger partial charge in [0.1, 0.15) is 0 Å². The van der Waals surface area contributed by atoms with Crippen molar-refractivity contribution in [3.8, 4) is 0 Å².